The molecule has 1 unspecified atom stereocenters. The Kier molecular flexibility index (Phi) is 6.60. The van der Waals surface area contributed by atoms with E-state index < -0.39 is 10.0 Å². The fraction of sp³-hybridized carbons (Fsp3) is 1.00. The first kappa shape index (κ1) is 15.9. The van der Waals surface area contributed by atoms with Gasteiger partial charge in [-0.15, -0.1) is 0 Å². The molecule has 5 heteroatoms. The molecule has 18 heavy (non-hydrogen) atoms. The molecule has 1 atom stereocenters. The van der Waals surface area contributed by atoms with Crippen molar-refractivity contribution in [1.82, 2.24) is 9.62 Å². The molecule has 0 saturated carbocycles. The zero-order valence-corrected chi connectivity index (χ0v) is 12.8. The molecule has 1 rings (SSSR count). The summed E-state index contributed by atoms with van der Waals surface area (Å²) in [7, 11) is -3.04. The Balaban J connectivity index is 2.49. The molecule has 1 heterocycles. The molecular formula is C13H28N2O2S. The molecule has 1 N–H and O–H groups in total. The fourth-order valence-corrected chi connectivity index (χ4v) is 4.07. The lowest BCUT2D eigenvalue weighted by atomic mass is 10.1. The third kappa shape index (κ3) is 5.24. The van der Waals surface area contributed by atoms with Crippen LogP contribution in [0.1, 0.15) is 46.5 Å². The topological polar surface area (TPSA) is 49.4 Å². The zero-order chi connectivity index (χ0) is 13.6. The molecule has 0 aromatic heterocycles. The van der Waals surface area contributed by atoms with Crippen LogP contribution in [0, 0.1) is 5.92 Å². The molecule has 108 valence electrons. The van der Waals surface area contributed by atoms with Gasteiger partial charge in [-0.2, -0.15) is 0 Å². The van der Waals surface area contributed by atoms with E-state index in [9.17, 15) is 8.42 Å². The number of nitrogens with zero attached hydrogens (tertiary/aromatic N) is 1. The van der Waals surface area contributed by atoms with Crippen LogP contribution in [-0.2, 0) is 10.0 Å². The number of rotatable bonds is 7. The van der Waals surface area contributed by atoms with Crippen LogP contribution < -0.4 is 5.32 Å². The molecule has 1 saturated heterocycles. The fourth-order valence-electron chi connectivity index (χ4n) is 2.22. The van der Waals surface area contributed by atoms with Gasteiger partial charge in [0.15, 0.2) is 0 Å². The molecule has 1 aliphatic rings. The minimum absolute atomic E-state index is 0.297. The monoisotopic (exact) mass is 276 g/mol. The summed E-state index contributed by atoms with van der Waals surface area (Å²) in [6.45, 7) is 8.59. The number of hydrogen-bond donors (Lipinski definition) is 1. The largest absolute Gasteiger partial charge is 0.313 e. The maximum Gasteiger partial charge on any atom is 0.214 e. The molecule has 0 spiro atoms. The van der Waals surface area contributed by atoms with Gasteiger partial charge in [-0.1, -0.05) is 20.8 Å². The van der Waals surface area contributed by atoms with E-state index in [0.717, 1.165) is 32.2 Å². The van der Waals surface area contributed by atoms with Gasteiger partial charge >= 0.3 is 0 Å². The van der Waals surface area contributed by atoms with Crippen LogP contribution in [0.15, 0.2) is 0 Å². The van der Waals surface area contributed by atoms with Gasteiger partial charge in [-0.05, 0) is 38.1 Å². The second kappa shape index (κ2) is 7.46. The van der Waals surface area contributed by atoms with E-state index in [0.29, 0.717) is 30.8 Å². The van der Waals surface area contributed by atoms with Crippen molar-refractivity contribution < 1.29 is 8.42 Å². The van der Waals surface area contributed by atoms with Crippen LogP contribution in [0.25, 0.3) is 0 Å². The van der Waals surface area contributed by atoms with Gasteiger partial charge in [-0.25, -0.2) is 12.7 Å². The summed E-state index contributed by atoms with van der Waals surface area (Å²) < 4.78 is 26.1. The molecule has 0 bridgehead atoms. The van der Waals surface area contributed by atoms with Gasteiger partial charge in [0, 0.05) is 19.1 Å². The van der Waals surface area contributed by atoms with Crippen molar-refractivity contribution in [3.05, 3.63) is 0 Å². The molecule has 0 aromatic rings. The van der Waals surface area contributed by atoms with Crippen LogP contribution in [0.4, 0.5) is 0 Å². The highest BCUT2D eigenvalue weighted by atomic mass is 32.2. The minimum atomic E-state index is -3.04. The van der Waals surface area contributed by atoms with Gasteiger partial charge in [0.2, 0.25) is 10.0 Å². The molecule has 4 nitrogen and oxygen atoms in total. The number of nitrogens with one attached hydrogen (secondary N) is 1. The summed E-state index contributed by atoms with van der Waals surface area (Å²) in [6.07, 6.45) is 3.92. The molecule has 0 aliphatic carbocycles. The van der Waals surface area contributed by atoms with Crippen molar-refractivity contribution in [3.8, 4) is 0 Å². The molecule has 0 amide bonds. The van der Waals surface area contributed by atoms with Crippen LogP contribution in [0.5, 0.6) is 0 Å². The van der Waals surface area contributed by atoms with Crippen molar-refractivity contribution >= 4 is 10.0 Å². The smallest absolute Gasteiger partial charge is 0.214 e. The van der Waals surface area contributed by atoms with Crippen molar-refractivity contribution in [2.24, 2.45) is 5.92 Å². The van der Waals surface area contributed by atoms with E-state index in [-0.39, 0.29) is 0 Å². The number of sulfonamides is 1. The summed E-state index contributed by atoms with van der Waals surface area (Å²) >= 11 is 0. The summed E-state index contributed by atoms with van der Waals surface area (Å²) in [6, 6.07) is 0.340. The van der Waals surface area contributed by atoms with Crippen LogP contribution >= 0.6 is 0 Å². The summed E-state index contributed by atoms with van der Waals surface area (Å²) in [4.78, 5) is 0. The normalized spacial score (nSPS) is 22.6. The second-order valence-electron chi connectivity index (χ2n) is 5.65. The highest BCUT2D eigenvalue weighted by Gasteiger charge is 2.28. The maximum atomic E-state index is 12.2. The third-order valence-corrected chi connectivity index (χ3v) is 5.28. The van der Waals surface area contributed by atoms with E-state index in [1.54, 1.807) is 4.31 Å². The highest BCUT2D eigenvalue weighted by molar-refractivity contribution is 7.89. The summed E-state index contributed by atoms with van der Waals surface area (Å²) in [5.41, 5.74) is 0. The molecule has 1 aliphatic heterocycles. The first-order valence-electron chi connectivity index (χ1n) is 7.17. The van der Waals surface area contributed by atoms with E-state index in [1.807, 2.05) is 0 Å². The first-order valence-corrected chi connectivity index (χ1v) is 8.77. The molecule has 1 fully saturated rings. The standard InChI is InChI=1S/C13H28N2O2S/c1-4-8-14-13-6-5-9-15(11-13)18(16,17)10-7-12(2)3/h12-14H,4-11H2,1-3H3. The number of hydrogen-bond acceptors (Lipinski definition) is 3. The first-order chi connectivity index (χ1) is 8.45. The summed E-state index contributed by atoms with van der Waals surface area (Å²) in [5.74, 6) is 0.740. The Hall–Kier alpha value is -0.130. The molecule has 0 radical (unpaired) electrons. The van der Waals surface area contributed by atoms with Crippen LogP contribution in [0.3, 0.4) is 0 Å². The second-order valence-corrected chi connectivity index (χ2v) is 7.74. The van der Waals surface area contributed by atoms with Crippen molar-refractivity contribution in [2.75, 3.05) is 25.4 Å². The lowest BCUT2D eigenvalue weighted by Crippen LogP contribution is -2.48. The van der Waals surface area contributed by atoms with Gasteiger partial charge in [0.25, 0.3) is 0 Å². The van der Waals surface area contributed by atoms with Crippen LogP contribution in [-0.4, -0.2) is 44.2 Å². The van der Waals surface area contributed by atoms with Gasteiger partial charge in [0.1, 0.15) is 0 Å². The van der Waals surface area contributed by atoms with Gasteiger partial charge < -0.3 is 5.32 Å². The third-order valence-electron chi connectivity index (χ3n) is 3.41. The highest BCUT2D eigenvalue weighted by Crippen LogP contribution is 2.16. The maximum absolute atomic E-state index is 12.2. The Bertz CT molecular complexity index is 328. The predicted octanol–water partition coefficient (Wildman–Crippen LogP) is 1.83. The SMILES string of the molecule is CCCNC1CCCN(S(=O)(=O)CCC(C)C)C1. The van der Waals surface area contributed by atoms with Crippen molar-refractivity contribution in [3.63, 3.8) is 0 Å². The Morgan fingerprint density at radius 2 is 2.11 bits per heavy atom. The Morgan fingerprint density at radius 3 is 2.72 bits per heavy atom. The lowest BCUT2D eigenvalue weighted by Gasteiger charge is -2.32. The summed E-state index contributed by atoms with van der Waals surface area (Å²) in [5, 5.41) is 3.43. The van der Waals surface area contributed by atoms with Crippen molar-refractivity contribution in [1.29, 1.82) is 0 Å². The average Bonchev–Trinajstić information content (AvgIpc) is 2.34. The van der Waals surface area contributed by atoms with E-state index in [1.165, 1.54) is 0 Å². The predicted molar refractivity (Wildman–Crippen MR) is 76.1 cm³/mol. The van der Waals surface area contributed by atoms with E-state index in [4.69, 9.17) is 0 Å². The lowest BCUT2D eigenvalue weighted by molar-refractivity contribution is 0.283. The van der Waals surface area contributed by atoms with E-state index in [2.05, 4.69) is 26.1 Å². The van der Waals surface area contributed by atoms with Crippen LogP contribution in [0.2, 0.25) is 0 Å². The Morgan fingerprint density at radius 1 is 1.39 bits per heavy atom. The molecule has 0 aromatic carbocycles. The average molecular weight is 276 g/mol. The molecular weight excluding hydrogens is 248 g/mol. The van der Waals surface area contributed by atoms with E-state index >= 15 is 0 Å². The minimum Gasteiger partial charge on any atom is -0.313 e. The van der Waals surface area contributed by atoms with Gasteiger partial charge in [0.05, 0.1) is 5.75 Å². The number of piperidine rings is 1. The van der Waals surface area contributed by atoms with Gasteiger partial charge in [-0.3, -0.25) is 0 Å². The quantitative estimate of drug-likeness (QED) is 0.772. The van der Waals surface area contributed by atoms with Crippen molar-refractivity contribution in [2.45, 2.75) is 52.5 Å². The zero-order valence-electron chi connectivity index (χ0n) is 12.0. The Labute approximate surface area is 112 Å².